The number of nitriles is 1. The Labute approximate surface area is 99.0 Å². The van der Waals surface area contributed by atoms with E-state index in [1.807, 2.05) is 0 Å². The Balaban J connectivity index is 1.77. The molecule has 17 heavy (non-hydrogen) atoms. The van der Waals surface area contributed by atoms with E-state index >= 15 is 0 Å². The molecule has 2 N–H and O–H groups in total. The molecule has 0 atom stereocenters. The summed E-state index contributed by atoms with van der Waals surface area (Å²) in [4.78, 5) is 11.5. The van der Waals surface area contributed by atoms with Crippen LogP contribution in [0, 0.1) is 16.7 Å². The number of ether oxygens (including phenoxy) is 1. The van der Waals surface area contributed by atoms with Gasteiger partial charge in [0.15, 0.2) is 0 Å². The van der Waals surface area contributed by atoms with Crippen LogP contribution in [0.4, 0.5) is 5.82 Å². The van der Waals surface area contributed by atoms with Crippen LogP contribution >= 0.6 is 0 Å². The average molecular weight is 234 g/mol. The minimum Gasteiger partial charge on any atom is -0.464 e. The van der Waals surface area contributed by atoms with Crippen LogP contribution in [-0.2, 0) is 16.1 Å². The van der Waals surface area contributed by atoms with E-state index in [0.717, 1.165) is 12.8 Å². The fourth-order valence-corrected chi connectivity index (χ4v) is 1.59. The molecule has 0 aliphatic heterocycles. The molecular weight excluding hydrogens is 220 g/mol. The van der Waals surface area contributed by atoms with Gasteiger partial charge in [0.25, 0.3) is 0 Å². The van der Waals surface area contributed by atoms with Crippen molar-refractivity contribution in [3.8, 4) is 6.07 Å². The quantitative estimate of drug-likeness (QED) is 0.757. The lowest BCUT2D eigenvalue weighted by molar-refractivity contribution is -0.146. The van der Waals surface area contributed by atoms with E-state index in [1.165, 1.54) is 4.68 Å². The van der Waals surface area contributed by atoms with Crippen LogP contribution in [0.5, 0.6) is 0 Å². The third-order valence-electron chi connectivity index (χ3n) is 2.90. The van der Waals surface area contributed by atoms with E-state index in [4.69, 9.17) is 15.7 Å². The van der Waals surface area contributed by atoms with Crippen LogP contribution < -0.4 is 5.73 Å². The minimum absolute atomic E-state index is 0.0554. The highest BCUT2D eigenvalue weighted by Crippen LogP contribution is 2.48. The highest BCUT2D eigenvalue weighted by atomic mass is 16.5. The number of esters is 1. The largest absolute Gasteiger partial charge is 0.464 e. The molecule has 90 valence electrons. The molecule has 1 heterocycles. The van der Waals surface area contributed by atoms with E-state index in [0.29, 0.717) is 18.8 Å². The number of hydrogen-bond donors (Lipinski definition) is 1. The van der Waals surface area contributed by atoms with E-state index in [-0.39, 0.29) is 17.9 Å². The number of carbonyl (C=O) groups excluding carboxylic acids is 1. The molecule has 1 aromatic heterocycles. The van der Waals surface area contributed by atoms with Crippen LogP contribution in [0.1, 0.15) is 19.3 Å². The number of anilines is 1. The lowest BCUT2D eigenvalue weighted by Gasteiger charge is -2.11. The average Bonchev–Trinajstić information content (AvgIpc) is 2.94. The molecule has 1 fully saturated rings. The summed E-state index contributed by atoms with van der Waals surface area (Å²) in [6.07, 6.45) is 4.00. The lowest BCUT2D eigenvalue weighted by atomic mass is 10.1. The first-order valence-electron chi connectivity index (χ1n) is 5.45. The van der Waals surface area contributed by atoms with Crippen LogP contribution in [0.15, 0.2) is 12.3 Å². The van der Waals surface area contributed by atoms with Crippen LogP contribution in [0.2, 0.25) is 0 Å². The van der Waals surface area contributed by atoms with Gasteiger partial charge in [0.2, 0.25) is 0 Å². The molecule has 0 radical (unpaired) electrons. The number of nitrogens with two attached hydrogens (primary N) is 1. The third-order valence-corrected chi connectivity index (χ3v) is 2.90. The number of aromatic nitrogens is 2. The van der Waals surface area contributed by atoms with Gasteiger partial charge in [-0.3, -0.25) is 9.48 Å². The van der Waals surface area contributed by atoms with E-state index < -0.39 is 0 Å². The molecule has 1 aromatic rings. The summed E-state index contributed by atoms with van der Waals surface area (Å²) in [6, 6.07) is 3.74. The van der Waals surface area contributed by atoms with Crippen molar-refractivity contribution in [3.63, 3.8) is 0 Å². The third kappa shape index (κ3) is 2.97. The molecule has 6 heteroatoms. The smallest absolute Gasteiger partial charge is 0.327 e. The number of rotatable bonds is 5. The second kappa shape index (κ2) is 4.45. The Morgan fingerprint density at radius 1 is 1.71 bits per heavy atom. The van der Waals surface area contributed by atoms with E-state index in [1.54, 1.807) is 12.3 Å². The highest BCUT2D eigenvalue weighted by molar-refractivity contribution is 5.69. The first-order chi connectivity index (χ1) is 8.13. The Kier molecular flexibility index (Phi) is 3.00. The summed E-state index contributed by atoms with van der Waals surface area (Å²) in [5.74, 6) is 0.0262. The number of carbonyl (C=O) groups is 1. The second-order valence-corrected chi connectivity index (χ2v) is 4.43. The van der Waals surface area contributed by atoms with Gasteiger partial charge in [0.05, 0.1) is 12.7 Å². The van der Waals surface area contributed by atoms with Crippen molar-refractivity contribution in [2.75, 3.05) is 12.3 Å². The molecule has 2 rings (SSSR count). The predicted octanol–water partition coefficient (Wildman–Crippen LogP) is 0.702. The summed E-state index contributed by atoms with van der Waals surface area (Å²) in [5.41, 5.74) is 5.35. The molecule has 6 nitrogen and oxygen atoms in total. The molecule has 0 saturated heterocycles. The number of nitrogens with zero attached hydrogens (tertiary/aromatic N) is 3. The summed E-state index contributed by atoms with van der Waals surface area (Å²) >= 11 is 0. The number of hydrogen-bond acceptors (Lipinski definition) is 5. The van der Waals surface area contributed by atoms with E-state index in [9.17, 15) is 4.79 Å². The minimum atomic E-state index is -0.350. The SMILES string of the molecule is N#CCC1(COC(=O)Cn2ccc(N)n2)CC1. The van der Waals surface area contributed by atoms with Gasteiger partial charge in [-0.2, -0.15) is 10.4 Å². The normalized spacial score (nSPS) is 16.2. The molecule has 0 aromatic carbocycles. The zero-order valence-electron chi connectivity index (χ0n) is 9.43. The lowest BCUT2D eigenvalue weighted by Crippen LogP contribution is -2.19. The molecular formula is C11H14N4O2. The first-order valence-corrected chi connectivity index (χ1v) is 5.45. The Morgan fingerprint density at radius 2 is 2.47 bits per heavy atom. The summed E-state index contributed by atoms with van der Waals surface area (Å²) in [7, 11) is 0. The Bertz CT molecular complexity index is 456. The summed E-state index contributed by atoms with van der Waals surface area (Å²) in [6.45, 7) is 0.385. The molecule has 0 unspecified atom stereocenters. The van der Waals surface area contributed by atoms with Crippen molar-refractivity contribution in [1.82, 2.24) is 9.78 Å². The van der Waals surface area contributed by atoms with Crippen molar-refractivity contribution >= 4 is 11.8 Å². The molecule has 1 aliphatic carbocycles. The monoisotopic (exact) mass is 234 g/mol. The standard InChI is InChI=1S/C11H14N4O2/c12-5-4-11(2-3-11)8-17-10(16)7-15-6-1-9(13)14-15/h1,6H,2-4,7-8H2,(H2,13,14). The molecule has 0 spiro atoms. The maximum absolute atomic E-state index is 11.5. The van der Waals surface area contributed by atoms with Crippen molar-refractivity contribution in [1.29, 1.82) is 5.26 Å². The highest BCUT2D eigenvalue weighted by Gasteiger charge is 2.43. The van der Waals surface area contributed by atoms with Crippen molar-refractivity contribution in [2.45, 2.75) is 25.8 Å². The van der Waals surface area contributed by atoms with Gasteiger partial charge in [-0.15, -0.1) is 0 Å². The van der Waals surface area contributed by atoms with Gasteiger partial charge in [0.1, 0.15) is 12.4 Å². The van der Waals surface area contributed by atoms with Crippen molar-refractivity contribution in [2.24, 2.45) is 5.41 Å². The second-order valence-electron chi connectivity index (χ2n) is 4.43. The summed E-state index contributed by atoms with van der Waals surface area (Å²) < 4.78 is 6.58. The van der Waals surface area contributed by atoms with E-state index in [2.05, 4.69) is 11.2 Å². The van der Waals surface area contributed by atoms with Gasteiger partial charge in [-0.25, -0.2) is 0 Å². The van der Waals surface area contributed by atoms with Crippen LogP contribution in [0.3, 0.4) is 0 Å². The van der Waals surface area contributed by atoms with Gasteiger partial charge in [-0.05, 0) is 18.9 Å². The van der Waals surface area contributed by atoms with Crippen molar-refractivity contribution in [3.05, 3.63) is 12.3 Å². The van der Waals surface area contributed by atoms with Gasteiger partial charge < -0.3 is 10.5 Å². The molecule has 1 saturated carbocycles. The first kappa shape index (κ1) is 11.5. The summed E-state index contributed by atoms with van der Waals surface area (Å²) in [5, 5.41) is 12.5. The topological polar surface area (TPSA) is 93.9 Å². The maximum atomic E-state index is 11.5. The van der Waals surface area contributed by atoms with Gasteiger partial charge in [0, 0.05) is 18.0 Å². The van der Waals surface area contributed by atoms with Gasteiger partial charge in [-0.1, -0.05) is 0 Å². The van der Waals surface area contributed by atoms with Gasteiger partial charge >= 0.3 is 5.97 Å². The molecule has 0 amide bonds. The fourth-order valence-electron chi connectivity index (χ4n) is 1.59. The zero-order valence-corrected chi connectivity index (χ0v) is 9.43. The zero-order chi connectivity index (χ0) is 12.3. The van der Waals surface area contributed by atoms with Crippen molar-refractivity contribution < 1.29 is 9.53 Å². The maximum Gasteiger partial charge on any atom is 0.327 e. The predicted molar refractivity (Wildman–Crippen MR) is 59.5 cm³/mol. The molecule has 0 bridgehead atoms. The van der Waals surface area contributed by atoms with Crippen LogP contribution in [-0.4, -0.2) is 22.4 Å². The Hall–Kier alpha value is -2.03. The Morgan fingerprint density at radius 3 is 3.00 bits per heavy atom. The number of nitrogen functional groups attached to an aromatic ring is 1. The van der Waals surface area contributed by atoms with Crippen LogP contribution in [0.25, 0.3) is 0 Å². The molecule has 1 aliphatic rings. The fraction of sp³-hybridized carbons (Fsp3) is 0.545.